The molecule has 3 N–H and O–H groups in total. The van der Waals surface area contributed by atoms with Gasteiger partial charge in [-0.3, -0.25) is 4.90 Å². The predicted molar refractivity (Wildman–Crippen MR) is 109 cm³/mol. The lowest BCUT2D eigenvalue weighted by Crippen LogP contribution is -2.47. The number of hydrogen-bond acceptors (Lipinski definition) is 5. The fourth-order valence-electron chi connectivity index (χ4n) is 3.07. The topological polar surface area (TPSA) is 84.7 Å². The molecule has 0 saturated carbocycles. The molecule has 27 heavy (non-hydrogen) atoms. The SMILES string of the molecule is Cl.NS(=O)(=O)c1ccc(OCCN2CCNCC2c2ccccc2Cl)cc1. The molecule has 1 heterocycles. The Balaban J connectivity index is 0.00000261. The number of piperazine rings is 1. The molecular weight excluding hydrogens is 409 g/mol. The molecular formula is C18H23Cl2N3O3S. The summed E-state index contributed by atoms with van der Waals surface area (Å²) in [5, 5.41) is 9.27. The molecule has 0 aliphatic carbocycles. The van der Waals surface area contributed by atoms with Gasteiger partial charge >= 0.3 is 0 Å². The van der Waals surface area contributed by atoms with Gasteiger partial charge in [-0.25, -0.2) is 13.6 Å². The van der Waals surface area contributed by atoms with Crippen molar-refractivity contribution in [1.29, 1.82) is 0 Å². The molecule has 3 rings (SSSR count). The van der Waals surface area contributed by atoms with Crippen LogP contribution < -0.4 is 15.2 Å². The maximum Gasteiger partial charge on any atom is 0.238 e. The summed E-state index contributed by atoms with van der Waals surface area (Å²) < 4.78 is 28.3. The maximum atomic E-state index is 11.3. The van der Waals surface area contributed by atoms with E-state index in [1.54, 1.807) is 12.1 Å². The van der Waals surface area contributed by atoms with Gasteiger partial charge in [-0.15, -0.1) is 12.4 Å². The first kappa shape index (κ1) is 21.9. The highest BCUT2D eigenvalue weighted by atomic mass is 35.5. The van der Waals surface area contributed by atoms with Crippen molar-refractivity contribution < 1.29 is 13.2 Å². The molecule has 1 saturated heterocycles. The van der Waals surface area contributed by atoms with E-state index in [0.717, 1.165) is 36.8 Å². The van der Waals surface area contributed by atoms with Crippen LogP contribution in [-0.2, 0) is 10.0 Å². The molecule has 0 radical (unpaired) electrons. The quantitative estimate of drug-likeness (QED) is 0.733. The van der Waals surface area contributed by atoms with E-state index < -0.39 is 10.0 Å². The van der Waals surface area contributed by atoms with E-state index >= 15 is 0 Å². The van der Waals surface area contributed by atoms with Crippen molar-refractivity contribution >= 4 is 34.0 Å². The van der Waals surface area contributed by atoms with E-state index in [2.05, 4.69) is 16.3 Å². The Morgan fingerprint density at radius 2 is 1.89 bits per heavy atom. The van der Waals surface area contributed by atoms with Crippen LogP contribution in [0.5, 0.6) is 5.75 Å². The van der Waals surface area contributed by atoms with Crippen molar-refractivity contribution in [3.8, 4) is 5.75 Å². The monoisotopic (exact) mass is 431 g/mol. The van der Waals surface area contributed by atoms with Gasteiger partial charge in [0.05, 0.1) is 4.90 Å². The molecule has 0 aromatic heterocycles. The van der Waals surface area contributed by atoms with E-state index in [4.69, 9.17) is 21.5 Å². The second-order valence-electron chi connectivity index (χ2n) is 6.14. The van der Waals surface area contributed by atoms with Crippen LogP contribution in [0.3, 0.4) is 0 Å². The number of benzene rings is 2. The van der Waals surface area contributed by atoms with Crippen LogP contribution in [-0.4, -0.2) is 46.1 Å². The molecule has 1 fully saturated rings. The zero-order valence-corrected chi connectivity index (χ0v) is 17.1. The first-order valence-corrected chi connectivity index (χ1v) is 10.3. The van der Waals surface area contributed by atoms with Crippen molar-refractivity contribution in [3.05, 3.63) is 59.1 Å². The van der Waals surface area contributed by atoms with Gasteiger partial charge in [-0.1, -0.05) is 29.8 Å². The molecule has 0 bridgehead atoms. The minimum atomic E-state index is -3.68. The van der Waals surface area contributed by atoms with E-state index in [1.165, 1.54) is 12.1 Å². The Hall–Kier alpha value is -1.35. The summed E-state index contributed by atoms with van der Waals surface area (Å²) in [7, 11) is -3.68. The number of ether oxygens (including phenoxy) is 1. The van der Waals surface area contributed by atoms with Crippen LogP contribution in [0.1, 0.15) is 11.6 Å². The molecule has 0 amide bonds. The van der Waals surface area contributed by atoms with Crippen molar-refractivity contribution in [1.82, 2.24) is 10.2 Å². The van der Waals surface area contributed by atoms with E-state index in [9.17, 15) is 8.42 Å². The third kappa shape index (κ3) is 5.81. The average Bonchev–Trinajstić information content (AvgIpc) is 2.62. The molecule has 9 heteroatoms. The first-order valence-electron chi connectivity index (χ1n) is 8.40. The van der Waals surface area contributed by atoms with Crippen molar-refractivity contribution in [2.75, 3.05) is 32.8 Å². The highest BCUT2D eigenvalue weighted by molar-refractivity contribution is 7.89. The average molecular weight is 432 g/mol. The van der Waals surface area contributed by atoms with E-state index in [-0.39, 0.29) is 23.3 Å². The second-order valence-corrected chi connectivity index (χ2v) is 8.11. The van der Waals surface area contributed by atoms with Crippen LogP contribution >= 0.6 is 24.0 Å². The molecule has 1 aliphatic heterocycles. The number of rotatable bonds is 6. The van der Waals surface area contributed by atoms with Gasteiger partial charge < -0.3 is 10.1 Å². The first-order chi connectivity index (χ1) is 12.4. The zero-order chi connectivity index (χ0) is 18.6. The van der Waals surface area contributed by atoms with Gasteiger partial charge in [0.15, 0.2) is 0 Å². The lowest BCUT2D eigenvalue weighted by molar-refractivity contribution is 0.134. The molecule has 1 unspecified atom stereocenters. The summed E-state index contributed by atoms with van der Waals surface area (Å²) in [5.41, 5.74) is 1.11. The highest BCUT2D eigenvalue weighted by Gasteiger charge is 2.25. The number of primary sulfonamides is 1. The van der Waals surface area contributed by atoms with Gasteiger partial charge in [-0.2, -0.15) is 0 Å². The summed E-state index contributed by atoms with van der Waals surface area (Å²) in [4.78, 5) is 2.42. The van der Waals surface area contributed by atoms with Gasteiger partial charge in [-0.05, 0) is 35.9 Å². The minimum absolute atomic E-state index is 0. The molecule has 2 aromatic rings. The van der Waals surface area contributed by atoms with Crippen LogP contribution in [0.4, 0.5) is 0 Å². The van der Waals surface area contributed by atoms with Crippen LogP contribution in [0, 0.1) is 0 Å². The Kier molecular flexibility index (Phi) is 7.91. The fraction of sp³-hybridized carbons (Fsp3) is 0.333. The number of nitrogens with zero attached hydrogens (tertiary/aromatic N) is 1. The Labute approximate surface area is 171 Å². The van der Waals surface area contributed by atoms with Gasteiger partial charge in [0, 0.05) is 37.2 Å². The Morgan fingerprint density at radius 3 is 2.56 bits per heavy atom. The number of sulfonamides is 1. The van der Waals surface area contributed by atoms with Crippen molar-refractivity contribution in [2.45, 2.75) is 10.9 Å². The molecule has 6 nitrogen and oxygen atoms in total. The van der Waals surface area contributed by atoms with E-state index in [1.807, 2.05) is 18.2 Å². The summed E-state index contributed by atoms with van der Waals surface area (Å²) >= 11 is 6.36. The summed E-state index contributed by atoms with van der Waals surface area (Å²) in [6, 6.07) is 14.2. The van der Waals surface area contributed by atoms with E-state index in [0.29, 0.717) is 12.4 Å². The third-order valence-electron chi connectivity index (χ3n) is 4.42. The fourth-order valence-corrected chi connectivity index (χ4v) is 3.85. The number of halogens is 2. The normalized spacial score (nSPS) is 17.9. The smallest absolute Gasteiger partial charge is 0.238 e. The van der Waals surface area contributed by atoms with Crippen molar-refractivity contribution in [3.63, 3.8) is 0 Å². The molecule has 0 spiro atoms. The lowest BCUT2D eigenvalue weighted by Gasteiger charge is -2.36. The molecule has 1 atom stereocenters. The number of nitrogens with one attached hydrogen (secondary N) is 1. The zero-order valence-electron chi connectivity index (χ0n) is 14.7. The molecule has 2 aromatic carbocycles. The van der Waals surface area contributed by atoms with Crippen LogP contribution in [0.2, 0.25) is 5.02 Å². The summed E-state index contributed by atoms with van der Waals surface area (Å²) in [6.45, 7) is 3.91. The van der Waals surface area contributed by atoms with Crippen molar-refractivity contribution in [2.24, 2.45) is 5.14 Å². The number of nitrogens with two attached hydrogens (primary N) is 1. The summed E-state index contributed by atoms with van der Waals surface area (Å²) in [6.07, 6.45) is 0. The van der Waals surface area contributed by atoms with Gasteiger partial charge in [0.2, 0.25) is 10.0 Å². The number of hydrogen-bond donors (Lipinski definition) is 2. The van der Waals surface area contributed by atoms with Crippen LogP contribution in [0.15, 0.2) is 53.4 Å². The molecule has 148 valence electrons. The lowest BCUT2D eigenvalue weighted by atomic mass is 10.0. The molecule has 1 aliphatic rings. The Morgan fingerprint density at radius 1 is 1.19 bits per heavy atom. The van der Waals surface area contributed by atoms with Gasteiger partial charge in [0.1, 0.15) is 12.4 Å². The summed E-state index contributed by atoms with van der Waals surface area (Å²) in [5.74, 6) is 0.613. The van der Waals surface area contributed by atoms with Crippen LogP contribution in [0.25, 0.3) is 0 Å². The largest absolute Gasteiger partial charge is 0.492 e. The highest BCUT2D eigenvalue weighted by Crippen LogP contribution is 2.28. The standard InChI is InChI=1S/C18H22ClN3O3S.ClH/c19-17-4-2-1-3-16(17)18-13-21-9-10-22(18)11-12-25-14-5-7-15(8-6-14)26(20,23)24;/h1-8,18,21H,9-13H2,(H2,20,23,24);1H. The Bertz CT molecular complexity index is 847. The van der Waals surface area contributed by atoms with Gasteiger partial charge in [0.25, 0.3) is 0 Å². The second kappa shape index (κ2) is 9.73. The third-order valence-corrected chi connectivity index (χ3v) is 5.69. The minimum Gasteiger partial charge on any atom is -0.492 e. The maximum absolute atomic E-state index is 11.3. The predicted octanol–water partition coefficient (Wildman–Crippen LogP) is 2.43.